The first-order chi connectivity index (χ1) is 8.92. The van der Waals surface area contributed by atoms with Crippen molar-refractivity contribution >= 4 is 41.3 Å². The fourth-order valence-corrected chi connectivity index (χ4v) is 2.80. The molecule has 1 aliphatic rings. The van der Waals surface area contributed by atoms with E-state index in [1.54, 1.807) is 11.3 Å². The third-order valence-electron chi connectivity index (χ3n) is 3.62. The monoisotopic (exact) mass is 408 g/mol. The number of hydrogen-bond donors (Lipinski definition) is 2. The second kappa shape index (κ2) is 7.06. The number of guanidine groups is 1. The molecule has 0 spiro atoms. The molecule has 0 saturated heterocycles. The van der Waals surface area contributed by atoms with Crippen molar-refractivity contribution in [1.29, 1.82) is 0 Å². The standard InChI is InChI=1S/C14H24N4S.HI/c1-9(2)10-8-19-12(17-10)7-16-13(15-5)18-11-6-14(11,3)4;/h8-9,11H,6-7H2,1-5H3,(H2,15,16,18);1H. The summed E-state index contributed by atoms with van der Waals surface area (Å²) in [6, 6.07) is 0.543. The number of thiazole rings is 1. The fraction of sp³-hybridized carbons (Fsp3) is 0.714. The molecule has 2 rings (SSSR count). The van der Waals surface area contributed by atoms with Crippen molar-refractivity contribution in [3.05, 3.63) is 16.1 Å². The molecule has 1 aromatic heterocycles. The first-order valence-electron chi connectivity index (χ1n) is 6.84. The van der Waals surface area contributed by atoms with E-state index in [0.29, 0.717) is 17.4 Å². The van der Waals surface area contributed by atoms with Crippen LogP contribution in [0.2, 0.25) is 0 Å². The number of rotatable bonds is 4. The van der Waals surface area contributed by atoms with Gasteiger partial charge in [0.25, 0.3) is 0 Å². The summed E-state index contributed by atoms with van der Waals surface area (Å²) in [6.45, 7) is 9.62. The highest BCUT2D eigenvalue weighted by Gasteiger charge is 2.46. The van der Waals surface area contributed by atoms with Crippen molar-refractivity contribution in [3.8, 4) is 0 Å². The molecule has 1 saturated carbocycles. The minimum atomic E-state index is 0. The van der Waals surface area contributed by atoms with Crippen molar-refractivity contribution in [2.75, 3.05) is 7.05 Å². The highest BCUT2D eigenvalue weighted by Crippen LogP contribution is 2.44. The van der Waals surface area contributed by atoms with Crippen molar-refractivity contribution in [3.63, 3.8) is 0 Å². The van der Waals surface area contributed by atoms with Crippen LogP contribution < -0.4 is 10.6 Å². The van der Waals surface area contributed by atoms with Crippen molar-refractivity contribution < 1.29 is 0 Å². The maximum absolute atomic E-state index is 4.61. The lowest BCUT2D eigenvalue weighted by atomic mass is 10.2. The minimum Gasteiger partial charge on any atom is -0.353 e. The Morgan fingerprint density at radius 3 is 2.65 bits per heavy atom. The Morgan fingerprint density at radius 1 is 1.55 bits per heavy atom. The largest absolute Gasteiger partial charge is 0.353 e. The van der Waals surface area contributed by atoms with E-state index in [0.717, 1.165) is 17.5 Å². The summed E-state index contributed by atoms with van der Waals surface area (Å²) in [4.78, 5) is 8.87. The predicted molar refractivity (Wildman–Crippen MR) is 97.1 cm³/mol. The molecule has 1 heterocycles. The summed E-state index contributed by atoms with van der Waals surface area (Å²) in [5.41, 5.74) is 1.58. The van der Waals surface area contributed by atoms with Gasteiger partial charge in [0.15, 0.2) is 5.96 Å². The van der Waals surface area contributed by atoms with E-state index >= 15 is 0 Å². The minimum absolute atomic E-state index is 0. The van der Waals surface area contributed by atoms with E-state index < -0.39 is 0 Å². The molecular formula is C14H25IN4S. The Bertz CT molecular complexity index is 467. The van der Waals surface area contributed by atoms with Gasteiger partial charge in [0.2, 0.25) is 0 Å². The first kappa shape index (κ1) is 17.7. The molecule has 1 aliphatic carbocycles. The van der Waals surface area contributed by atoms with Gasteiger partial charge in [-0.15, -0.1) is 35.3 Å². The molecule has 2 N–H and O–H groups in total. The lowest BCUT2D eigenvalue weighted by Gasteiger charge is -2.12. The molecule has 0 amide bonds. The summed E-state index contributed by atoms with van der Waals surface area (Å²) >= 11 is 1.71. The van der Waals surface area contributed by atoms with Gasteiger partial charge in [-0.25, -0.2) is 4.98 Å². The molecule has 0 bridgehead atoms. The van der Waals surface area contributed by atoms with E-state index in [2.05, 4.69) is 53.7 Å². The molecule has 114 valence electrons. The number of hydrogen-bond acceptors (Lipinski definition) is 3. The zero-order valence-corrected chi connectivity index (χ0v) is 16.0. The summed E-state index contributed by atoms with van der Waals surface area (Å²) in [5.74, 6) is 1.37. The third-order valence-corrected chi connectivity index (χ3v) is 4.48. The molecule has 4 nitrogen and oxygen atoms in total. The molecule has 6 heteroatoms. The number of aromatic nitrogens is 1. The van der Waals surface area contributed by atoms with Gasteiger partial charge in [-0.1, -0.05) is 27.7 Å². The molecule has 1 fully saturated rings. The van der Waals surface area contributed by atoms with Crippen LogP contribution >= 0.6 is 35.3 Å². The summed E-state index contributed by atoms with van der Waals surface area (Å²) in [6.07, 6.45) is 1.21. The SMILES string of the molecule is CN=C(NCc1nc(C(C)C)cs1)NC1CC1(C)C.I. The number of halogens is 1. The van der Waals surface area contributed by atoms with Crippen LogP contribution in [0.25, 0.3) is 0 Å². The quantitative estimate of drug-likeness (QED) is 0.457. The molecule has 0 aliphatic heterocycles. The van der Waals surface area contributed by atoms with Crippen molar-refractivity contribution in [2.24, 2.45) is 10.4 Å². The Kier molecular flexibility index (Phi) is 6.25. The third kappa shape index (κ3) is 4.58. The average Bonchev–Trinajstić information content (AvgIpc) is 2.79. The van der Waals surface area contributed by atoms with E-state index in [9.17, 15) is 0 Å². The fourth-order valence-electron chi connectivity index (χ4n) is 1.90. The van der Waals surface area contributed by atoms with Gasteiger partial charge in [0, 0.05) is 18.5 Å². The molecule has 1 aromatic rings. The van der Waals surface area contributed by atoms with Crippen molar-refractivity contribution in [2.45, 2.75) is 52.6 Å². The number of nitrogens with one attached hydrogen (secondary N) is 2. The lowest BCUT2D eigenvalue weighted by Crippen LogP contribution is -2.39. The number of nitrogens with zero attached hydrogens (tertiary/aromatic N) is 2. The number of aliphatic imine (C=N–C) groups is 1. The lowest BCUT2D eigenvalue weighted by molar-refractivity contribution is 0.589. The maximum atomic E-state index is 4.61. The van der Waals surface area contributed by atoms with Crippen LogP contribution in [0.4, 0.5) is 0 Å². The van der Waals surface area contributed by atoms with E-state index in [4.69, 9.17) is 0 Å². The van der Waals surface area contributed by atoms with Crippen LogP contribution in [0.5, 0.6) is 0 Å². The highest BCUT2D eigenvalue weighted by molar-refractivity contribution is 14.0. The topological polar surface area (TPSA) is 49.3 Å². The van der Waals surface area contributed by atoms with E-state index in [-0.39, 0.29) is 24.0 Å². The van der Waals surface area contributed by atoms with Gasteiger partial charge >= 0.3 is 0 Å². The molecule has 0 aromatic carbocycles. The Morgan fingerprint density at radius 2 is 2.20 bits per heavy atom. The second-order valence-corrected chi connectivity index (χ2v) is 7.08. The van der Waals surface area contributed by atoms with Gasteiger partial charge < -0.3 is 10.6 Å². The van der Waals surface area contributed by atoms with Gasteiger partial charge in [0.1, 0.15) is 5.01 Å². The molecular weight excluding hydrogens is 383 g/mol. The molecule has 20 heavy (non-hydrogen) atoms. The van der Waals surface area contributed by atoms with Gasteiger partial charge in [-0.2, -0.15) is 0 Å². The van der Waals surface area contributed by atoms with Crippen LogP contribution in [0, 0.1) is 5.41 Å². The second-order valence-electron chi connectivity index (χ2n) is 6.14. The zero-order chi connectivity index (χ0) is 14.0. The average molecular weight is 408 g/mol. The van der Waals surface area contributed by atoms with Gasteiger partial charge in [0.05, 0.1) is 12.2 Å². The smallest absolute Gasteiger partial charge is 0.191 e. The molecule has 1 atom stereocenters. The Hall–Kier alpha value is -0.370. The highest BCUT2D eigenvalue weighted by atomic mass is 127. The van der Waals surface area contributed by atoms with E-state index in [1.165, 1.54) is 12.1 Å². The first-order valence-corrected chi connectivity index (χ1v) is 7.72. The van der Waals surface area contributed by atoms with Gasteiger partial charge in [-0.05, 0) is 17.8 Å². The zero-order valence-electron chi connectivity index (χ0n) is 12.9. The van der Waals surface area contributed by atoms with Crippen LogP contribution in [0.15, 0.2) is 10.4 Å². The summed E-state index contributed by atoms with van der Waals surface area (Å²) < 4.78 is 0. The predicted octanol–water partition coefficient (Wildman–Crippen LogP) is 3.35. The van der Waals surface area contributed by atoms with Crippen LogP contribution in [0.1, 0.15) is 50.7 Å². The Balaban J connectivity index is 0.00000200. The van der Waals surface area contributed by atoms with Gasteiger partial charge in [-0.3, -0.25) is 4.99 Å². The van der Waals surface area contributed by atoms with Crippen LogP contribution in [-0.2, 0) is 6.54 Å². The Labute approximate surface area is 142 Å². The molecule has 1 unspecified atom stereocenters. The summed E-state index contributed by atoms with van der Waals surface area (Å²) in [5, 5.41) is 10.0. The van der Waals surface area contributed by atoms with Crippen LogP contribution in [0.3, 0.4) is 0 Å². The molecule has 0 radical (unpaired) electrons. The maximum Gasteiger partial charge on any atom is 0.191 e. The van der Waals surface area contributed by atoms with Crippen LogP contribution in [-0.4, -0.2) is 24.0 Å². The van der Waals surface area contributed by atoms with E-state index in [1.807, 2.05) is 7.05 Å². The normalized spacial score (nSPS) is 20.5. The van der Waals surface area contributed by atoms with Crippen molar-refractivity contribution in [1.82, 2.24) is 15.6 Å². The summed E-state index contributed by atoms with van der Waals surface area (Å²) in [7, 11) is 1.81.